The highest BCUT2D eigenvalue weighted by Gasteiger charge is 2.33. The van der Waals surface area contributed by atoms with E-state index in [0.29, 0.717) is 16.5 Å². The fourth-order valence-electron chi connectivity index (χ4n) is 3.62. The molecule has 28 heavy (non-hydrogen) atoms. The van der Waals surface area contributed by atoms with Gasteiger partial charge in [0, 0.05) is 34.7 Å². The molecule has 5 nitrogen and oxygen atoms in total. The molecule has 1 aliphatic rings. The lowest BCUT2D eigenvalue weighted by molar-refractivity contribution is -0.119. The van der Waals surface area contributed by atoms with Crippen molar-refractivity contribution in [1.82, 2.24) is 10.3 Å². The van der Waals surface area contributed by atoms with Crippen LogP contribution in [0.5, 0.6) is 5.75 Å². The molecule has 1 unspecified atom stereocenters. The molecular formula is C22H25ClN2O3. The number of hydrogen-bond donors (Lipinski definition) is 1. The summed E-state index contributed by atoms with van der Waals surface area (Å²) < 4.78 is 5.47. The summed E-state index contributed by atoms with van der Waals surface area (Å²) in [5.74, 6) is 0.299. The number of amides is 1. The van der Waals surface area contributed by atoms with E-state index >= 15 is 0 Å². The molecule has 0 aliphatic heterocycles. The number of ether oxygens (including phenoxy) is 1. The van der Waals surface area contributed by atoms with Gasteiger partial charge in [-0.05, 0) is 69.0 Å². The zero-order valence-corrected chi connectivity index (χ0v) is 17.4. The standard InChI is InChI=1S/C22H25ClN2O3/c1-22(2,3)25-21(27)17-11-13(9-10-24-17)12-18(26)15-6-5-14-16(23)7-8-19(28-4)20(14)15/h7-11,15H,5-6,12H2,1-4H3,(H,25,27). The van der Waals surface area contributed by atoms with E-state index in [1.807, 2.05) is 32.9 Å². The third-order valence-corrected chi connectivity index (χ3v) is 5.18. The molecule has 0 saturated carbocycles. The Balaban J connectivity index is 1.80. The zero-order chi connectivity index (χ0) is 20.5. The first kappa shape index (κ1) is 20.3. The number of nitrogens with one attached hydrogen (secondary N) is 1. The first-order valence-corrected chi connectivity index (χ1v) is 9.73. The van der Waals surface area contributed by atoms with Gasteiger partial charge < -0.3 is 10.1 Å². The Morgan fingerprint density at radius 1 is 1.29 bits per heavy atom. The first-order valence-electron chi connectivity index (χ1n) is 9.35. The van der Waals surface area contributed by atoms with Gasteiger partial charge in [0.05, 0.1) is 7.11 Å². The van der Waals surface area contributed by atoms with Crippen LogP contribution < -0.4 is 10.1 Å². The third-order valence-electron chi connectivity index (χ3n) is 4.82. The summed E-state index contributed by atoms with van der Waals surface area (Å²) in [6.45, 7) is 5.73. The van der Waals surface area contributed by atoms with Crippen molar-refractivity contribution in [3.63, 3.8) is 0 Å². The topological polar surface area (TPSA) is 68.3 Å². The van der Waals surface area contributed by atoms with Gasteiger partial charge in [-0.25, -0.2) is 0 Å². The summed E-state index contributed by atoms with van der Waals surface area (Å²) in [7, 11) is 1.60. The zero-order valence-electron chi connectivity index (χ0n) is 16.6. The fraction of sp³-hybridized carbons (Fsp3) is 0.409. The lowest BCUT2D eigenvalue weighted by atomic mass is 9.92. The van der Waals surface area contributed by atoms with Crippen molar-refractivity contribution < 1.29 is 14.3 Å². The van der Waals surface area contributed by atoms with Crippen molar-refractivity contribution in [3.8, 4) is 5.75 Å². The van der Waals surface area contributed by atoms with Crippen molar-refractivity contribution in [2.45, 2.75) is 51.5 Å². The summed E-state index contributed by atoms with van der Waals surface area (Å²) in [5.41, 5.74) is 2.63. The van der Waals surface area contributed by atoms with Crippen LogP contribution in [0.15, 0.2) is 30.5 Å². The maximum atomic E-state index is 13.0. The number of Topliss-reactive ketones (excluding diaryl/α,β-unsaturated/α-hetero) is 1. The molecule has 0 radical (unpaired) electrons. The van der Waals surface area contributed by atoms with Gasteiger partial charge in [0.1, 0.15) is 17.2 Å². The number of fused-ring (bicyclic) bond motifs is 1. The van der Waals surface area contributed by atoms with Gasteiger partial charge in [0.2, 0.25) is 0 Å². The Hall–Kier alpha value is -2.40. The molecule has 1 N–H and O–H groups in total. The molecule has 0 saturated heterocycles. The van der Waals surface area contributed by atoms with Gasteiger partial charge in [-0.15, -0.1) is 0 Å². The molecule has 2 aromatic rings. The lowest BCUT2D eigenvalue weighted by Gasteiger charge is -2.20. The minimum absolute atomic E-state index is 0.0905. The van der Waals surface area contributed by atoms with Crippen LogP contribution in [0.1, 0.15) is 60.3 Å². The number of methoxy groups -OCH3 is 1. The minimum Gasteiger partial charge on any atom is -0.496 e. The Labute approximate surface area is 170 Å². The first-order chi connectivity index (χ1) is 13.2. The highest BCUT2D eigenvalue weighted by Crippen LogP contribution is 2.43. The number of halogens is 1. The largest absolute Gasteiger partial charge is 0.496 e. The maximum absolute atomic E-state index is 13.0. The van der Waals surface area contributed by atoms with Crippen LogP contribution in [0.3, 0.4) is 0 Å². The van der Waals surface area contributed by atoms with E-state index in [0.717, 1.165) is 29.5 Å². The van der Waals surface area contributed by atoms with Crippen LogP contribution in [0.2, 0.25) is 5.02 Å². The Bertz CT molecular complexity index is 918. The average Bonchev–Trinajstić information content (AvgIpc) is 3.07. The summed E-state index contributed by atoms with van der Waals surface area (Å²) in [4.78, 5) is 29.5. The van der Waals surface area contributed by atoms with Crippen LogP contribution in [0, 0.1) is 0 Å². The molecule has 1 atom stereocenters. The number of rotatable bonds is 5. The smallest absolute Gasteiger partial charge is 0.270 e. The molecule has 0 spiro atoms. The van der Waals surface area contributed by atoms with Crippen molar-refractivity contribution >= 4 is 23.3 Å². The number of benzene rings is 1. The molecule has 148 valence electrons. The number of carbonyl (C=O) groups is 2. The molecule has 1 amide bonds. The summed E-state index contributed by atoms with van der Waals surface area (Å²) in [6, 6.07) is 7.09. The molecular weight excluding hydrogens is 376 g/mol. The summed E-state index contributed by atoms with van der Waals surface area (Å²) in [6.07, 6.45) is 3.28. The normalized spacial score (nSPS) is 15.8. The number of ketones is 1. The molecule has 0 bridgehead atoms. The van der Waals surface area contributed by atoms with Crippen LogP contribution in [-0.2, 0) is 17.6 Å². The van der Waals surface area contributed by atoms with Gasteiger partial charge in [-0.2, -0.15) is 0 Å². The molecule has 1 aromatic carbocycles. The molecule has 1 aromatic heterocycles. The van der Waals surface area contributed by atoms with Gasteiger partial charge in [0.15, 0.2) is 0 Å². The minimum atomic E-state index is -0.353. The number of hydrogen-bond acceptors (Lipinski definition) is 4. The highest BCUT2D eigenvalue weighted by molar-refractivity contribution is 6.31. The van der Waals surface area contributed by atoms with E-state index in [2.05, 4.69) is 10.3 Å². The SMILES string of the molecule is COc1ccc(Cl)c2c1C(C(=O)Cc1ccnc(C(=O)NC(C)(C)C)c1)CC2. The lowest BCUT2D eigenvalue weighted by Crippen LogP contribution is -2.40. The monoisotopic (exact) mass is 400 g/mol. The molecule has 1 aliphatic carbocycles. The van der Waals surface area contributed by atoms with Crippen LogP contribution in [0.25, 0.3) is 0 Å². The van der Waals surface area contributed by atoms with Gasteiger partial charge in [-0.3, -0.25) is 14.6 Å². The van der Waals surface area contributed by atoms with E-state index in [1.54, 1.807) is 25.4 Å². The van der Waals surface area contributed by atoms with Crippen LogP contribution >= 0.6 is 11.6 Å². The van der Waals surface area contributed by atoms with Crippen molar-refractivity contribution in [2.24, 2.45) is 0 Å². The van der Waals surface area contributed by atoms with Gasteiger partial charge in [-0.1, -0.05) is 11.6 Å². The predicted molar refractivity (Wildman–Crippen MR) is 109 cm³/mol. The molecule has 0 fully saturated rings. The maximum Gasteiger partial charge on any atom is 0.270 e. The van der Waals surface area contributed by atoms with Gasteiger partial charge in [0.25, 0.3) is 5.91 Å². The molecule has 6 heteroatoms. The van der Waals surface area contributed by atoms with E-state index in [1.165, 1.54) is 0 Å². The van der Waals surface area contributed by atoms with E-state index in [4.69, 9.17) is 16.3 Å². The van der Waals surface area contributed by atoms with Crippen LogP contribution in [0.4, 0.5) is 0 Å². The van der Waals surface area contributed by atoms with E-state index in [9.17, 15) is 9.59 Å². The second-order valence-electron chi connectivity index (χ2n) is 8.13. The Morgan fingerprint density at radius 3 is 2.71 bits per heavy atom. The second-order valence-corrected chi connectivity index (χ2v) is 8.54. The van der Waals surface area contributed by atoms with Crippen molar-refractivity contribution in [2.75, 3.05) is 7.11 Å². The predicted octanol–water partition coefficient (Wildman–Crippen LogP) is 4.11. The highest BCUT2D eigenvalue weighted by atomic mass is 35.5. The quantitative estimate of drug-likeness (QED) is 0.819. The fourth-order valence-corrected chi connectivity index (χ4v) is 3.88. The second kappa shape index (κ2) is 7.92. The van der Waals surface area contributed by atoms with Gasteiger partial charge >= 0.3 is 0 Å². The van der Waals surface area contributed by atoms with E-state index < -0.39 is 0 Å². The number of nitrogens with zero attached hydrogens (tertiary/aromatic N) is 1. The van der Waals surface area contributed by atoms with Crippen molar-refractivity contribution in [3.05, 3.63) is 57.9 Å². The summed E-state index contributed by atoms with van der Waals surface area (Å²) >= 11 is 6.32. The van der Waals surface area contributed by atoms with E-state index in [-0.39, 0.29) is 29.6 Å². The average molecular weight is 401 g/mol. The Kier molecular flexibility index (Phi) is 5.75. The molecule has 1 heterocycles. The number of carbonyl (C=O) groups excluding carboxylic acids is 2. The number of pyridine rings is 1. The van der Waals surface area contributed by atoms with Crippen LogP contribution in [-0.4, -0.2) is 29.3 Å². The number of aromatic nitrogens is 1. The molecule has 3 rings (SSSR count). The summed E-state index contributed by atoms with van der Waals surface area (Å²) in [5, 5.41) is 3.56. The van der Waals surface area contributed by atoms with Crippen molar-refractivity contribution in [1.29, 1.82) is 0 Å². The Morgan fingerprint density at radius 2 is 2.04 bits per heavy atom. The third kappa shape index (κ3) is 4.36.